The molecule has 25 heavy (non-hydrogen) atoms. The molecule has 124 valence electrons. The van der Waals surface area contributed by atoms with Gasteiger partial charge >= 0.3 is 0 Å². The number of nitrogens with zero attached hydrogens (tertiary/aromatic N) is 3. The lowest BCUT2D eigenvalue weighted by molar-refractivity contribution is 1.00. The molecule has 0 unspecified atom stereocenters. The van der Waals surface area contributed by atoms with E-state index < -0.39 is 0 Å². The van der Waals surface area contributed by atoms with E-state index in [2.05, 4.69) is 24.0 Å². The Morgan fingerprint density at radius 3 is 2.76 bits per heavy atom. The summed E-state index contributed by atoms with van der Waals surface area (Å²) in [5, 5.41) is 2.12. The van der Waals surface area contributed by atoms with Crippen molar-refractivity contribution in [2.24, 2.45) is 0 Å². The first kappa shape index (κ1) is 15.8. The monoisotopic (exact) mass is 347 g/mol. The Bertz CT molecular complexity index is 1150. The van der Waals surface area contributed by atoms with Crippen LogP contribution in [0.5, 0.6) is 0 Å². The second kappa shape index (κ2) is 6.33. The molecule has 4 aromatic rings. The molecule has 4 rings (SSSR count). The molecule has 0 saturated heterocycles. The molecular weight excluding hydrogens is 330 g/mol. The lowest BCUT2D eigenvalue weighted by Crippen LogP contribution is -2.15. The quantitative estimate of drug-likeness (QED) is 0.522. The molecule has 0 aliphatic heterocycles. The van der Waals surface area contributed by atoms with E-state index in [-0.39, 0.29) is 5.56 Å². The molecule has 0 saturated carbocycles. The largest absolute Gasteiger partial charge is 0.269 e. The molecule has 0 fully saturated rings. The van der Waals surface area contributed by atoms with E-state index in [1.165, 1.54) is 10.9 Å². The van der Waals surface area contributed by atoms with Crippen LogP contribution in [0.4, 0.5) is 0 Å². The molecule has 0 atom stereocenters. The van der Waals surface area contributed by atoms with Crippen molar-refractivity contribution in [2.75, 3.05) is 0 Å². The molecule has 0 amide bonds. The van der Waals surface area contributed by atoms with E-state index in [0.29, 0.717) is 11.4 Å². The highest BCUT2D eigenvalue weighted by molar-refractivity contribution is 7.98. The topological polar surface area (TPSA) is 47.3 Å². The predicted molar refractivity (Wildman–Crippen MR) is 102 cm³/mol. The molecule has 3 aromatic heterocycles. The van der Waals surface area contributed by atoms with Crippen LogP contribution in [0.3, 0.4) is 0 Å². The van der Waals surface area contributed by atoms with Crippen LogP contribution in [0.2, 0.25) is 0 Å². The van der Waals surface area contributed by atoms with E-state index in [4.69, 9.17) is 4.98 Å². The third kappa shape index (κ3) is 3.15. The summed E-state index contributed by atoms with van der Waals surface area (Å²) in [6, 6.07) is 15.7. The van der Waals surface area contributed by atoms with Gasteiger partial charge in [0.15, 0.2) is 0 Å². The van der Waals surface area contributed by atoms with Crippen molar-refractivity contribution >= 4 is 28.3 Å². The summed E-state index contributed by atoms with van der Waals surface area (Å²) >= 11 is 1.60. The third-order valence-electron chi connectivity index (χ3n) is 4.13. The van der Waals surface area contributed by atoms with E-state index in [0.717, 1.165) is 21.8 Å². The SMILES string of the molecule is Cc1ccc2nc(CSc3cc(C)c4ccccc4n3)cc(=O)n2c1. The van der Waals surface area contributed by atoms with Gasteiger partial charge in [-0.15, -0.1) is 0 Å². The molecule has 1 aromatic carbocycles. The van der Waals surface area contributed by atoms with Crippen molar-refractivity contribution in [3.8, 4) is 0 Å². The number of fused-ring (bicyclic) bond motifs is 2. The maximum atomic E-state index is 12.3. The van der Waals surface area contributed by atoms with Crippen LogP contribution in [0.15, 0.2) is 64.5 Å². The van der Waals surface area contributed by atoms with Crippen LogP contribution in [0.1, 0.15) is 16.8 Å². The Labute approximate surface area is 149 Å². The van der Waals surface area contributed by atoms with E-state index in [9.17, 15) is 4.79 Å². The Kier molecular flexibility index (Phi) is 4.01. The standard InChI is InChI=1S/C20H17N3OS/c1-13-7-8-18-21-15(10-20(24)23(18)11-13)12-25-19-9-14(2)16-5-3-4-6-17(16)22-19/h3-11H,12H2,1-2H3. The van der Waals surface area contributed by atoms with Crippen LogP contribution < -0.4 is 5.56 Å². The minimum absolute atomic E-state index is 0.0491. The minimum atomic E-state index is -0.0491. The van der Waals surface area contributed by atoms with Crippen molar-refractivity contribution in [3.05, 3.63) is 81.9 Å². The van der Waals surface area contributed by atoms with Crippen LogP contribution in [0.25, 0.3) is 16.6 Å². The number of pyridine rings is 2. The first-order valence-corrected chi connectivity index (χ1v) is 9.07. The molecule has 3 heterocycles. The number of aromatic nitrogens is 3. The molecular formula is C20H17N3OS. The van der Waals surface area contributed by atoms with E-state index in [1.807, 2.05) is 43.5 Å². The van der Waals surface area contributed by atoms with E-state index >= 15 is 0 Å². The summed E-state index contributed by atoms with van der Waals surface area (Å²) in [5.41, 5.74) is 4.63. The van der Waals surface area contributed by atoms with Gasteiger partial charge in [-0.25, -0.2) is 9.97 Å². The van der Waals surface area contributed by atoms with Crippen molar-refractivity contribution in [1.29, 1.82) is 0 Å². The number of aryl methyl sites for hydroxylation is 2. The summed E-state index contributed by atoms with van der Waals surface area (Å²) in [7, 11) is 0. The average Bonchev–Trinajstić information content (AvgIpc) is 2.61. The van der Waals surface area contributed by atoms with Gasteiger partial charge in [0.05, 0.1) is 16.2 Å². The zero-order chi connectivity index (χ0) is 17.4. The Morgan fingerprint density at radius 2 is 1.88 bits per heavy atom. The van der Waals surface area contributed by atoms with Gasteiger partial charge in [0.25, 0.3) is 5.56 Å². The van der Waals surface area contributed by atoms with Gasteiger partial charge in [-0.05, 0) is 43.2 Å². The van der Waals surface area contributed by atoms with Gasteiger partial charge in [-0.2, -0.15) is 0 Å². The van der Waals surface area contributed by atoms with Crippen LogP contribution in [0, 0.1) is 13.8 Å². The summed E-state index contributed by atoms with van der Waals surface area (Å²) in [6.07, 6.45) is 1.82. The predicted octanol–water partition coefficient (Wildman–Crippen LogP) is 4.15. The van der Waals surface area contributed by atoms with Gasteiger partial charge in [0, 0.05) is 23.4 Å². The van der Waals surface area contributed by atoms with Gasteiger partial charge in [-0.1, -0.05) is 36.0 Å². The highest BCUT2D eigenvalue weighted by Gasteiger charge is 2.06. The Balaban J connectivity index is 1.64. The number of benzene rings is 1. The Morgan fingerprint density at radius 1 is 1.04 bits per heavy atom. The molecule has 0 radical (unpaired) electrons. The lowest BCUT2D eigenvalue weighted by atomic mass is 10.1. The number of thioether (sulfide) groups is 1. The van der Waals surface area contributed by atoms with Crippen molar-refractivity contribution in [2.45, 2.75) is 24.6 Å². The van der Waals surface area contributed by atoms with Gasteiger partial charge in [0.2, 0.25) is 0 Å². The summed E-state index contributed by atoms with van der Waals surface area (Å²) < 4.78 is 1.59. The van der Waals surface area contributed by atoms with E-state index in [1.54, 1.807) is 22.2 Å². The zero-order valence-electron chi connectivity index (χ0n) is 14.1. The lowest BCUT2D eigenvalue weighted by Gasteiger charge is -2.07. The fourth-order valence-corrected chi connectivity index (χ4v) is 3.74. The first-order valence-electron chi connectivity index (χ1n) is 8.08. The van der Waals surface area contributed by atoms with Crippen molar-refractivity contribution in [1.82, 2.24) is 14.4 Å². The number of para-hydroxylation sites is 1. The maximum Gasteiger partial charge on any atom is 0.258 e. The van der Waals surface area contributed by atoms with Crippen molar-refractivity contribution in [3.63, 3.8) is 0 Å². The summed E-state index contributed by atoms with van der Waals surface area (Å²) in [6.45, 7) is 4.06. The average molecular weight is 347 g/mol. The van der Waals surface area contributed by atoms with Crippen LogP contribution in [-0.2, 0) is 5.75 Å². The summed E-state index contributed by atoms with van der Waals surface area (Å²) in [5.74, 6) is 0.615. The zero-order valence-corrected chi connectivity index (χ0v) is 14.9. The smallest absolute Gasteiger partial charge is 0.258 e. The van der Waals surface area contributed by atoms with Crippen molar-refractivity contribution < 1.29 is 0 Å². The van der Waals surface area contributed by atoms with Crippen LogP contribution >= 0.6 is 11.8 Å². The fraction of sp³-hybridized carbons (Fsp3) is 0.150. The Hall–Kier alpha value is -2.66. The minimum Gasteiger partial charge on any atom is -0.269 e. The van der Waals surface area contributed by atoms with Gasteiger partial charge in [0.1, 0.15) is 5.65 Å². The normalized spacial score (nSPS) is 11.3. The number of hydrogen-bond donors (Lipinski definition) is 0. The van der Waals surface area contributed by atoms with Gasteiger partial charge in [-0.3, -0.25) is 9.20 Å². The first-order chi connectivity index (χ1) is 12.1. The number of rotatable bonds is 3. The fourth-order valence-electron chi connectivity index (χ4n) is 2.87. The maximum absolute atomic E-state index is 12.3. The van der Waals surface area contributed by atoms with Gasteiger partial charge < -0.3 is 0 Å². The molecule has 0 spiro atoms. The molecule has 0 N–H and O–H groups in total. The molecule has 0 bridgehead atoms. The number of hydrogen-bond acceptors (Lipinski definition) is 4. The molecule has 4 nitrogen and oxygen atoms in total. The highest BCUT2D eigenvalue weighted by Crippen LogP contribution is 2.25. The summed E-state index contributed by atoms with van der Waals surface area (Å²) in [4.78, 5) is 21.6. The molecule has 5 heteroatoms. The second-order valence-electron chi connectivity index (χ2n) is 6.10. The highest BCUT2D eigenvalue weighted by atomic mass is 32.2. The molecule has 0 aliphatic carbocycles. The molecule has 0 aliphatic rings. The van der Waals surface area contributed by atoms with Crippen LogP contribution in [-0.4, -0.2) is 14.4 Å². The third-order valence-corrected chi connectivity index (χ3v) is 5.07. The second-order valence-corrected chi connectivity index (χ2v) is 7.10.